The molecule has 1 aromatic carbocycles. The second-order valence-corrected chi connectivity index (χ2v) is 7.13. The minimum atomic E-state index is 0.489. The molecule has 28 heavy (non-hydrogen) atoms. The van der Waals surface area contributed by atoms with Crippen LogP contribution in [0.4, 0.5) is 0 Å². The fourth-order valence-corrected chi connectivity index (χ4v) is 3.13. The highest BCUT2D eigenvalue weighted by molar-refractivity contribution is 7.80. The predicted molar refractivity (Wildman–Crippen MR) is 117 cm³/mol. The van der Waals surface area contributed by atoms with Gasteiger partial charge in [0.1, 0.15) is 13.1 Å². The van der Waals surface area contributed by atoms with Crippen LogP contribution >= 0.6 is 24.4 Å². The summed E-state index contributed by atoms with van der Waals surface area (Å²) in [6.07, 6.45) is 0.799. The number of quaternary nitrogens is 1. The van der Waals surface area contributed by atoms with Crippen molar-refractivity contribution in [1.29, 1.82) is 0 Å². The van der Waals surface area contributed by atoms with E-state index in [2.05, 4.69) is 21.5 Å². The maximum atomic E-state index is 5.35. The van der Waals surface area contributed by atoms with Crippen molar-refractivity contribution in [2.24, 2.45) is 0 Å². The zero-order valence-electron chi connectivity index (χ0n) is 16.4. The molecule has 0 bridgehead atoms. The summed E-state index contributed by atoms with van der Waals surface area (Å²) in [6, 6.07) is 5.87. The number of benzene rings is 1. The zero-order valence-corrected chi connectivity index (χ0v) is 18.1. The van der Waals surface area contributed by atoms with Gasteiger partial charge in [0, 0.05) is 6.54 Å². The molecule has 2 rings (SSSR count). The number of thiocarbonyl (C=S) groups is 2. The SMILES string of the molecule is COc1ccc(CCNC(=S)NNC(=S)NCC[NH+]2CCOCC2)cc1OC. The van der Waals surface area contributed by atoms with Crippen molar-refractivity contribution in [3.8, 4) is 11.5 Å². The van der Waals surface area contributed by atoms with E-state index in [1.807, 2.05) is 18.2 Å². The average molecular weight is 429 g/mol. The quantitative estimate of drug-likeness (QED) is 0.265. The van der Waals surface area contributed by atoms with Gasteiger partial charge in [0.15, 0.2) is 21.7 Å². The van der Waals surface area contributed by atoms with E-state index in [9.17, 15) is 0 Å². The highest BCUT2D eigenvalue weighted by Gasteiger charge is 2.12. The van der Waals surface area contributed by atoms with Crippen LogP contribution in [0, 0.1) is 0 Å². The molecular weight excluding hydrogens is 398 g/mol. The van der Waals surface area contributed by atoms with Crippen LogP contribution in [-0.2, 0) is 11.2 Å². The Labute approximate surface area is 177 Å². The van der Waals surface area contributed by atoms with E-state index in [1.54, 1.807) is 14.2 Å². The molecule has 0 radical (unpaired) electrons. The van der Waals surface area contributed by atoms with Crippen LogP contribution in [0.15, 0.2) is 18.2 Å². The number of ether oxygens (including phenoxy) is 3. The van der Waals surface area contributed by atoms with Crippen LogP contribution in [0.1, 0.15) is 5.56 Å². The molecule has 1 fully saturated rings. The van der Waals surface area contributed by atoms with Crippen molar-refractivity contribution < 1.29 is 19.1 Å². The standard InChI is InChI=1S/C18H29N5O3S2/c1-24-15-4-3-14(13-16(15)25-2)5-6-19-17(27)21-22-18(28)20-7-8-23-9-11-26-12-10-23/h3-4,13H,5-12H2,1-2H3,(H2,19,21,27)(H2,20,22,28)/p+1. The first-order chi connectivity index (χ1) is 13.6. The van der Waals surface area contributed by atoms with Gasteiger partial charge >= 0.3 is 0 Å². The summed E-state index contributed by atoms with van der Waals surface area (Å²) in [5.74, 6) is 1.44. The minimum Gasteiger partial charge on any atom is -0.493 e. The normalized spacial score (nSPS) is 14.1. The van der Waals surface area contributed by atoms with E-state index in [4.69, 9.17) is 38.6 Å². The van der Waals surface area contributed by atoms with Gasteiger partial charge in [0.2, 0.25) is 0 Å². The Kier molecular flexibility index (Phi) is 10.0. The lowest BCUT2D eigenvalue weighted by Crippen LogP contribution is -3.14. The van der Waals surface area contributed by atoms with E-state index in [-0.39, 0.29) is 0 Å². The molecule has 156 valence electrons. The van der Waals surface area contributed by atoms with Crippen LogP contribution in [0.25, 0.3) is 0 Å². The van der Waals surface area contributed by atoms with Gasteiger partial charge < -0.3 is 29.7 Å². The van der Waals surface area contributed by atoms with Gasteiger partial charge in [0.05, 0.1) is 40.5 Å². The molecular formula is C18H30N5O3S2+. The summed E-state index contributed by atoms with van der Waals surface area (Å²) in [5, 5.41) is 7.33. The third-order valence-corrected chi connectivity index (χ3v) is 4.89. The van der Waals surface area contributed by atoms with Crippen molar-refractivity contribution in [3.05, 3.63) is 23.8 Å². The Morgan fingerprint density at radius 1 is 1.00 bits per heavy atom. The summed E-state index contributed by atoms with van der Waals surface area (Å²) in [4.78, 5) is 1.53. The summed E-state index contributed by atoms with van der Waals surface area (Å²) >= 11 is 10.5. The molecule has 0 atom stereocenters. The Hall–Kier alpha value is -1.88. The molecule has 1 aliphatic rings. The van der Waals surface area contributed by atoms with Crippen LogP contribution < -0.4 is 35.9 Å². The summed E-state index contributed by atoms with van der Waals surface area (Å²) < 4.78 is 15.9. The topological polar surface area (TPSA) is 80.2 Å². The number of hydrogen-bond donors (Lipinski definition) is 5. The summed E-state index contributed by atoms with van der Waals surface area (Å²) in [5.41, 5.74) is 6.92. The molecule has 1 aromatic rings. The second kappa shape index (κ2) is 12.6. The molecule has 0 unspecified atom stereocenters. The van der Waals surface area contributed by atoms with Gasteiger partial charge in [-0.05, 0) is 48.6 Å². The van der Waals surface area contributed by atoms with Crippen LogP contribution in [-0.4, -0.2) is 70.4 Å². The Morgan fingerprint density at radius 3 is 2.29 bits per heavy atom. The fraction of sp³-hybridized carbons (Fsp3) is 0.556. The first kappa shape index (κ1) is 22.4. The molecule has 0 spiro atoms. The molecule has 0 amide bonds. The van der Waals surface area contributed by atoms with Gasteiger partial charge in [-0.1, -0.05) is 6.07 Å². The highest BCUT2D eigenvalue weighted by atomic mass is 32.1. The van der Waals surface area contributed by atoms with Crippen LogP contribution in [0.2, 0.25) is 0 Å². The smallest absolute Gasteiger partial charge is 0.185 e. The van der Waals surface area contributed by atoms with Crippen molar-refractivity contribution in [2.45, 2.75) is 6.42 Å². The monoisotopic (exact) mass is 428 g/mol. The van der Waals surface area contributed by atoms with E-state index < -0.39 is 0 Å². The number of hydrogen-bond acceptors (Lipinski definition) is 5. The fourth-order valence-electron chi connectivity index (χ4n) is 2.82. The summed E-state index contributed by atoms with van der Waals surface area (Å²) in [6.45, 7) is 6.28. The molecule has 10 heteroatoms. The van der Waals surface area contributed by atoms with Crippen LogP contribution in [0.3, 0.4) is 0 Å². The molecule has 0 aromatic heterocycles. The maximum absolute atomic E-state index is 5.35. The molecule has 1 heterocycles. The van der Waals surface area contributed by atoms with E-state index in [0.29, 0.717) is 16.8 Å². The lowest BCUT2D eigenvalue weighted by Gasteiger charge is -2.24. The highest BCUT2D eigenvalue weighted by Crippen LogP contribution is 2.27. The van der Waals surface area contributed by atoms with Gasteiger partial charge in [-0.15, -0.1) is 0 Å². The lowest BCUT2D eigenvalue weighted by atomic mass is 10.1. The largest absolute Gasteiger partial charge is 0.493 e. The molecule has 1 aliphatic heterocycles. The van der Waals surface area contributed by atoms with E-state index in [1.165, 1.54) is 4.90 Å². The van der Waals surface area contributed by atoms with Crippen LogP contribution in [0.5, 0.6) is 11.5 Å². The molecule has 0 saturated carbocycles. The maximum Gasteiger partial charge on any atom is 0.185 e. The number of methoxy groups -OCH3 is 2. The average Bonchev–Trinajstić information content (AvgIpc) is 2.73. The summed E-state index contributed by atoms with van der Waals surface area (Å²) in [7, 11) is 3.25. The molecule has 8 nitrogen and oxygen atoms in total. The Bertz CT molecular complexity index is 642. The van der Waals surface area contributed by atoms with Gasteiger partial charge in [-0.2, -0.15) is 0 Å². The first-order valence-corrected chi connectivity index (χ1v) is 10.1. The Morgan fingerprint density at radius 2 is 1.64 bits per heavy atom. The zero-order chi connectivity index (χ0) is 20.2. The van der Waals surface area contributed by atoms with Gasteiger partial charge in [-0.25, -0.2) is 0 Å². The third kappa shape index (κ3) is 8.01. The van der Waals surface area contributed by atoms with Crippen molar-refractivity contribution >= 4 is 34.7 Å². The molecule has 5 N–H and O–H groups in total. The Balaban J connectivity index is 1.57. The van der Waals surface area contributed by atoms with Gasteiger partial charge in [0.25, 0.3) is 0 Å². The van der Waals surface area contributed by atoms with Crippen molar-refractivity contribution in [3.63, 3.8) is 0 Å². The molecule has 0 aliphatic carbocycles. The van der Waals surface area contributed by atoms with E-state index in [0.717, 1.165) is 62.9 Å². The predicted octanol–water partition coefficient (Wildman–Crippen LogP) is -0.995. The number of rotatable bonds is 8. The van der Waals surface area contributed by atoms with Crippen molar-refractivity contribution in [2.75, 3.05) is 60.2 Å². The second-order valence-electron chi connectivity index (χ2n) is 6.31. The third-order valence-electron chi connectivity index (χ3n) is 4.40. The van der Waals surface area contributed by atoms with E-state index >= 15 is 0 Å². The number of hydrazine groups is 1. The van der Waals surface area contributed by atoms with Gasteiger partial charge in [-0.3, -0.25) is 10.9 Å². The lowest BCUT2D eigenvalue weighted by molar-refractivity contribution is -0.906. The molecule has 1 saturated heterocycles. The number of nitrogens with one attached hydrogen (secondary N) is 5. The van der Waals surface area contributed by atoms with Crippen molar-refractivity contribution in [1.82, 2.24) is 21.5 Å². The number of morpholine rings is 1. The minimum absolute atomic E-state index is 0.489. The first-order valence-electron chi connectivity index (χ1n) is 9.32.